The van der Waals surface area contributed by atoms with Gasteiger partial charge >= 0.3 is 5.97 Å². The molecule has 0 radical (unpaired) electrons. The molecule has 124 valence electrons. The summed E-state index contributed by atoms with van der Waals surface area (Å²) in [5.74, 6) is -0.826. The van der Waals surface area contributed by atoms with Crippen LogP contribution < -0.4 is 11.1 Å². The van der Waals surface area contributed by atoms with E-state index in [4.69, 9.17) is 27.3 Å². The second-order valence-corrected chi connectivity index (χ2v) is 5.38. The Bertz CT molecular complexity index is 852. The van der Waals surface area contributed by atoms with Gasteiger partial charge in [-0.1, -0.05) is 17.7 Å². The summed E-state index contributed by atoms with van der Waals surface area (Å²) in [5.41, 5.74) is 7.33. The molecule has 2 rings (SSSR count). The van der Waals surface area contributed by atoms with Gasteiger partial charge in [-0.15, -0.1) is 0 Å². The average Bonchev–Trinajstić information content (AvgIpc) is 2.88. The fraction of sp³-hybridized carbons (Fsp3) is 0.188. The van der Waals surface area contributed by atoms with E-state index < -0.39 is 5.97 Å². The highest BCUT2D eigenvalue weighted by Crippen LogP contribution is 2.29. The van der Waals surface area contributed by atoms with Crippen molar-refractivity contribution in [3.63, 3.8) is 0 Å². The monoisotopic (exact) mass is 346 g/mol. The molecule has 0 aliphatic heterocycles. The van der Waals surface area contributed by atoms with Gasteiger partial charge in [0.2, 0.25) is 5.91 Å². The van der Waals surface area contributed by atoms with Crippen molar-refractivity contribution in [2.24, 2.45) is 0 Å². The van der Waals surface area contributed by atoms with Crippen molar-refractivity contribution in [1.82, 2.24) is 9.88 Å². The first-order valence-corrected chi connectivity index (χ1v) is 7.29. The first kappa shape index (κ1) is 17.4. The number of rotatable bonds is 4. The number of benzene rings is 1. The van der Waals surface area contributed by atoms with Crippen molar-refractivity contribution in [3.8, 4) is 11.8 Å². The van der Waals surface area contributed by atoms with Crippen LogP contribution in [-0.2, 0) is 16.1 Å². The Balaban J connectivity index is 2.50. The number of hydrogen-bond donors (Lipinski definition) is 2. The molecule has 1 heterocycles. The maximum Gasteiger partial charge on any atom is 0.357 e. The minimum atomic E-state index is -0.674. The molecule has 0 spiro atoms. The molecule has 24 heavy (non-hydrogen) atoms. The lowest BCUT2D eigenvalue weighted by molar-refractivity contribution is -0.119. The molecular weight excluding hydrogens is 332 g/mol. The zero-order valence-corrected chi connectivity index (χ0v) is 13.8. The predicted molar refractivity (Wildman–Crippen MR) is 88.8 cm³/mol. The van der Waals surface area contributed by atoms with E-state index in [1.165, 1.54) is 24.8 Å². The van der Waals surface area contributed by atoms with Crippen LogP contribution in [0.1, 0.15) is 28.5 Å². The van der Waals surface area contributed by atoms with Crippen LogP contribution in [0.15, 0.2) is 24.4 Å². The maximum atomic E-state index is 12.0. The molecule has 0 saturated heterocycles. The number of nitrogens with two attached hydrogens (primary N) is 1. The number of esters is 1. The number of nitriles is 1. The smallest absolute Gasteiger partial charge is 0.357 e. The second kappa shape index (κ2) is 7.06. The molecule has 0 fully saturated rings. The summed E-state index contributed by atoms with van der Waals surface area (Å²) in [6, 6.07) is 7.01. The molecule has 0 aliphatic carbocycles. The molecule has 1 amide bonds. The average molecular weight is 347 g/mol. The summed E-state index contributed by atoms with van der Waals surface area (Å²) in [6.45, 7) is 1.75. The lowest BCUT2D eigenvalue weighted by atomic mass is 10.2. The third-order valence-electron chi connectivity index (χ3n) is 3.36. The van der Waals surface area contributed by atoms with E-state index in [2.05, 4.69) is 5.32 Å². The molecule has 7 nitrogen and oxygen atoms in total. The van der Waals surface area contributed by atoms with Gasteiger partial charge in [0.25, 0.3) is 0 Å². The van der Waals surface area contributed by atoms with Gasteiger partial charge in [0.1, 0.15) is 6.07 Å². The summed E-state index contributed by atoms with van der Waals surface area (Å²) in [6.07, 6.45) is 1.43. The number of nitrogens with zero attached hydrogens (tertiary/aromatic N) is 2. The lowest BCUT2D eigenvalue weighted by Crippen LogP contribution is -2.19. The maximum absolute atomic E-state index is 12.0. The number of carbonyl (C=O) groups is 2. The van der Waals surface area contributed by atoms with Gasteiger partial charge in [-0.3, -0.25) is 4.79 Å². The first-order chi connectivity index (χ1) is 11.4. The fourth-order valence-electron chi connectivity index (χ4n) is 2.19. The van der Waals surface area contributed by atoms with Crippen LogP contribution in [0.25, 0.3) is 5.69 Å². The topological polar surface area (TPSA) is 110 Å². The van der Waals surface area contributed by atoms with Crippen molar-refractivity contribution < 1.29 is 14.3 Å². The second-order valence-electron chi connectivity index (χ2n) is 4.97. The Kier molecular flexibility index (Phi) is 5.11. The zero-order chi connectivity index (χ0) is 17.9. The number of amides is 1. The van der Waals surface area contributed by atoms with Gasteiger partial charge in [-0.25, -0.2) is 4.79 Å². The van der Waals surface area contributed by atoms with Crippen molar-refractivity contribution in [2.45, 2.75) is 13.5 Å². The van der Waals surface area contributed by atoms with E-state index in [1.807, 2.05) is 6.07 Å². The molecule has 1 aromatic carbocycles. The number of nitrogen functional groups attached to an aromatic ring is 1. The molecule has 8 heteroatoms. The van der Waals surface area contributed by atoms with Gasteiger partial charge in [0.15, 0.2) is 5.69 Å². The number of nitrogens with one attached hydrogen (secondary N) is 1. The van der Waals surface area contributed by atoms with Crippen molar-refractivity contribution in [3.05, 3.63) is 46.2 Å². The van der Waals surface area contributed by atoms with Gasteiger partial charge in [0.05, 0.1) is 29.1 Å². The summed E-state index contributed by atoms with van der Waals surface area (Å²) in [7, 11) is 1.23. The standard InChI is InChI=1S/C16H15ClN4O3/c1-9(22)20-7-10-3-4-13(12(17)5-10)21-8-11(6-18)14(19)15(21)16(23)24-2/h3-5,8H,7,19H2,1-2H3,(H,20,22). The summed E-state index contributed by atoms with van der Waals surface area (Å²) in [5, 5.41) is 12.1. The molecule has 0 saturated carbocycles. The highest BCUT2D eigenvalue weighted by molar-refractivity contribution is 6.32. The van der Waals surface area contributed by atoms with Crippen LogP contribution in [0, 0.1) is 11.3 Å². The van der Waals surface area contributed by atoms with E-state index in [9.17, 15) is 9.59 Å². The molecule has 3 N–H and O–H groups in total. The molecule has 0 unspecified atom stereocenters. The number of methoxy groups -OCH3 is 1. The normalized spacial score (nSPS) is 10.1. The van der Waals surface area contributed by atoms with Gasteiger partial charge in [-0.05, 0) is 17.7 Å². The van der Waals surface area contributed by atoms with E-state index in [-0.39, 0.29) is 22.9 Å². The van der Waals surface area contributed by atoms with Gasteiger partial charge in [0, 0.05) is 19.7 Å². The third kappa shape index (κ3) is 3.34. The minimum Gasteiger partial charge on any atom is -0.464 e. The molecule has 2 aromatic rings. The highest BCUT2D eigenvalue weighted by Gasteiger charge is 2.22. The van der Waals surface area contributed by atoms with E-state index >= 15 is 0 Å². The minimum absolute atomic E-state index is 0.0303. The van der Waals surface area contributed by atoms with Gasteiger partial charge in [-0.2, -0.15) is 5.26 Å². The molecule has 0 bridgehead atoms. The van der Waals surface area contributed by atoms with Crippen LogP contribution in [0.3, 0.4) is 0 Å². The van der Waals surface area contributed by atoms with Crippen molar-refractivity contribution >= 4 is 29.2 Å². The highest BCUT2D eigenvalue weighted by atomic mass is 35.5. The quantitative estimate of drug-likeness (QED) is 0.823. The number of carbonyl (C=O) groups excluding carboxylic acids is 2. The Labute approximate surface area is 143 Å². The Morgan fingerprint density at radius 1 is 1.46 bits per heavy atom. The van der Waals surface area contributed by atoms with E-state index in [0.717, 1.165) is 5.56 Å². The van der Waals surface area contributed by atoms with Crippen LogP contribution in [-0.4, -0.2) is 23.6 Å². The number of aromatic nitrogens is 1. The third-order valence-corrected chi connectivity index (χ3v) is 3.66. The summed E-state index contributed by atoms with van der Waals surface area (Å²) >= 11 is 6.29. The molecule has 1 aromatic heterocycles. The fourth-order valence-corrected chi connectivity index (χ4v) is 2.48. The number of halogens is 1. The lowest BCUT2D eigenvalue weighted by Gasteiger charge is -2.12. The molecular formula is C16H15ClN4O3. The van der Waals surface area contributed by atoms with Crippen LogP contribution >= 0.6 is 11.6 Å². The predicted octanol–water partition coefficient (Wildman–Crippen LogP) is 2.01. The van der Waals surface area contributed by atoms with Gasteiger partial charge < -0.3 is 20.4 Å². The van der Waals surface area contributed by atoms with Crippen LogP contribution in [0.5, 0.6) is 0 Å². The Hall–Kier alpha value is -2.98. The number of anilines is 1. The SMILES string of the molecule is COC(=O)c1c(N)c(C#N)cn1-c1ccc(CNC(C)=O)cc1Cl. The zero-order valence-electron chi connectivity index (χ0n) is 13.1. The Morgan fingerprint density at radius 3 is 2.71 bits per heavy atom. The largest absolute Gasteiger partial charge is 0.464 e. The number of hydrogen-bond acceptors (Lipinski definition) is 5. The molecule has 0 atom stereocenters. The van der Waals surface area contributed by atoms with Crippen LogP contribution in [0.2, 0.25) is 5.02 Å². The first-order valence-electron chi connectivity index (χ1n) is 6.91. The molecule has 0 aliphatic rings. The number of ether oxygens (including phenoxy) is 1. The Morgan fingerprint density at radius 2 is 2.17 bits per heavy atom. The summed E-state index contributed by atoms with van der Waals surface area (Å²) in [4.78, 5) is 23.0. The van der Waals surface area contributed by atoms with Crippen LogP contribution in [0.4, 0.5) is 5.69 Å². The van der Waals surface area contributed by atoms with E-state index in [1.54, 1.807) is 18.2 Å². The van der Waals surface area contributed by atoms with Crippen molar-refractivity contribution in [1.29, 1.82) is 5.26 Å². The van der Waals surface area contributed by atoms with Crippen molar-refractivity contribution in [2.75, 3.05) is 12.8 Å². The summed E-state index contributed by atoms with van der Waals surface area (Å²) < 4.78 is 6.15. The van der Waals surface area contributed by atoms with E-state index in [0.29, 0.717) is 17.3 Å².